The third-order valence-electron chi connectivity index (χ3n) is 4.59. The number of nitrogens with one attached hydrogen (secondary N) is 1. The minimum Gasteiger partial charge on any atom is -0.497 e. The number of hydrogen-bond acceptors (Lipinski definition) is 4. The van der Waals surface area contributed by atoms with E-state index in [0.717, 1.165) is 24.2 Å². The summed E-state index contributed by atoms with van der Waals surface area (Å²) in [7, 11) is 3.38. The van der Waals surface area contributed by atoms with Crippen LogP contribution < -0.4 is 15.8 Å². The van der Waals surface area contributed by atoms with Crippen LogP contribution in [0.25, 0.3) is 0 Å². The van der Waals surface area contributed by atoms with Crippen LogP contribution in [-0.4, -0.2) is 44.0 Å². The number of halogens is 1. The molecule has 7 heteroatoms. The summed E-state index contributed by atoms with van der Waals surface area (Å²) in [6, 6.07) is 7.32. The molecule has 1 heterocycles. The largest absolute Gasteiger partial charge is 0.497 e. The van der Waals surface area contributed by atoms with Crippen molar-refractivity contribution in [3.05, 3.63) is 29.8 Å². The molecule has 0 aromatic heterocycles. The first-order chi connectivity index (χ1) is 11.6. The Morgan fingerprint density at radius 2 is 2.00 bits per heavy atom. The summed E-state index contributed by atoms with van der Waals surface area (Å²) in [5, 5.41) is 2.99. The molecule has 0 aliphatic carbocycles. The number of amides is 2. The van der Waals surface area contributed by atoms with Gasteiger partial charge in [-0.1, -0.05) is 12.1 Å². The number of unbranched alkanes of at least 4 members (excludes halogenated alkanes) is 1. The van der Waals surface area contributed by atoms with Crippen molar-refractivity contribution in [2.75, 3.05) is 27.2 Å². The van der Waals surface area contributed by atoms with E-state index in [1.54, 1.807) is 19.1 Å². The summed E-state index contributed by atoms with van der Waals surface area (Å²) in [5.74, 6) is 0.598. The van der Waals surface area contributed by atoms with E-state index in [0.29, 0.717) is 25.9 Å². The molecule has 1 fully saturated rings. The molecule has 3 N–H and O–H groups in total. The number of nitrogens with two attached hydrogens (primary N) is 1. The van der Waals surface area contributed by atoms with Gasteiger partial charge in [0.25, 0.3) is 0 Å². The molecule has 1 saturated heterocycles. The van der Waals surface area contributed by atoms with E-state index < -0.39 is 0 Å². The Kier molecular flexibility index (Phi) is 8.72. The Labute approximate surface area is 155 Å². The Bertz CT molecular complexity index is 565. The normalized spacial score (nSPS) is 20.0. The van der Waals surface area contributed by atoms with Crippen molar-refractivity contribution in [1.29, 1.82) is 0 Å². The minimum absolute atomic E-state index is 0. The molecule has 25 heavy (non-hydrogen) atoms. The standard InChI is InChI=1S/C18H27N3O3.ClH/c1-21-16(22)10-9-15(18(23)20-12-4-3-11-19)17(21)13-5-7-14(24-2)8-6-13;/h5-8,15,17H,3-4,9-12,19H2,1-2H3,(H,20,23);1H. The zero-order chi connectivity index (χ0) is 17.5. The van der Waals surface area contributed by atoms with Gasteiger partial charge in [0.2, 0.25) is 11.8 Å². The molecule has 2 unspecified atom stereocenters. The van der Waals surface area contributed by atoms with E-state index in [1.165, 1.54) is 0 Å². The van der Waals surface area contributed by atoms with Gasteiger partial charge < -0.3 is 20.7 Å². The van der Waals surface area contributed by atoms with Crippen LogP contribution in [0.5, 0.6) is 5.75 Å². The van der Waals surface area contributed by atoms with Gasteiger partial charge in [-0.25, -0.2) is 0 Å². The number of carbonyl (C=O) groups excluding carboxylic acids is 2. The summed E-state index contributed by atoms with van der Waals surface area (Å²) >= 11 is 0. The molecule has 2 amide bonds. The highest BCUT2D eigenvalue weighted by molar-refractivity contribution is 5.85. The second-order valence-corrected chi connectivity index (χ2v) is 6.15. The number of piperidine rings is 1. The maximum Gasteiger partial charge on any atom is 0.225 e. The fourth-order valence-corrected chi connectivity index (χ4v) is 3.18. The number of carbonyl (C=O) groups is 2. The van der Waals surface area contributed by atoms with Crippen molar-refractivity contribution in [2.24, 2.45) is 11.7 Å². The van der Waals surface area contributed by atoms with Gasteiger partial charge in [0, 0.05) is 20.0 Å². The number of methoxy groups -OCH3 is 1. The van der Waals surface area contributed by atoms with Crippen LogP contribution in [0.3, 0.4) is 0 Å². The zero-order valence-electron chi connectivity index (χ0n) is 14.9. The zero-order valence-corrected chi connectivity index (χ0v) is 15.7. The van der Waals surface area contributed by atoms with Gasteiger partial charge in [0.05, 0.1) is 19.1 Å². The lowest BCUT2D eigenvalue weighted by molar-refractivity contribution is -0.141. The molecule has 0 saturated carbocycles. The first-order valence-electron chi connectivity index (χ1n) is 8.46. The average Bonchev–Trinajstić information content (AvgIpc) is 2.61. The Hall–Kier alpha value is -1.79. The predicted octanol–water partition coefficient (Wildman–Crippen LogP) is 1.88. The topological polar surface area (TPSA) is 84.7 Å². The van der Waals surface area contributed by atoms with Crippen molar-refractivity contribution >= 4 is 24.2 Å². The second-order valence-electron chi connectivity index (χ2n) is 6.15. The molecule has 1 aliphatic rings. The van der Waals surface area contributed by atoms with Crippen LogP contribution in [0, 0.1) is 5.92 Å². The van der Waals surface area contributed by atoms with E-state index in [-0.39, 0.29) is 36.2 Å². The van der Waals surface area contributed by atoms with Crippen LogP contribution in [-0.2, 0) is 9.59 Å². The third kappa shape index (κ3) is 5.34. The van der Waals surface area contributed by atoms with E-state index in [9.17, 15) is 9.59 Å². The highest BCUT2D eigenvalue weighted by Gasteiger charge is 2.38. The summed E-state index contributed by atoms with van der Waals surface area (Å²) < 4.78 is 5.18. The predicted molar refractivity (Wildman–Crippen MR) is 99.8 cm³/mol. The maximum atomic E-state index is 12.6. The first kappa shape index (κ1) is 21.3. The molecule has 2 atom stereocenters. The van der Waals surface area contributed by atoms with E-state index in [4.69, 9.17) is 10.5 Å². The molecule has 0 bridgehead atoms. The van der Waals surface area contributed by atoms with Crippen LogP contribution in [0.1, 0.15) is 37.3 Å². The van der Waals surface area contributed by atoms with Gasteiger partial charge in [-0.3, -0.25) is 9.59 Å². The van der Waals surface area contributed by atoms with E-state index in [1.807, 2.05) is 24.3 Å². The van der Waals surface area contributed by atoms with Crippen LogP contribution >= 0.6 is 12.4 Å². The molecule has 0 spiro atoms. The summed E-state index contributed by atoms with van der Waals surface area (Å²) in [4.78, 5) is 26.4. The lowest BCUT2D eigenvalue weighted by atomic mass is 9.84. The molecular formula is C18H28ClN3O3. The SMILES string of the molecule is COc1ccc(C2C(C(=O)NCCCCN)CCC(=O)N2C)cc1.Cl. The fourth-order valence-electron chi connectivity index (χ4n) is 3.18. The van der Waals surface area contributed by atoms with Crippen molar-refractivity contribution < 1.29 is 14.3 Å². The third-order valence-corrected chi connectivity index (χ3v) is 4.59. The average molecular weight is 370 g/mol. The van der Waals surface area contributed by atoms with Gasteiger partial charge >= 0.3 is 0 Å². The van der Waals surface area contributed by atoms with Gasteiger partial charge in [-0.15, -0.1) is 12.4 Å². The lowest BCUT2D eigenvalue weighted by Gasteiger charge is -2.38. The molecule has 6 nitrogen and oxygen atoms in total. The molecule has 140 valence electrons. The number of nitrogens with zero attached hydrogens (tertiary/aromatic N) is 1. The van der Waals surface area contributed by atoms with E-state index in [2.05, 4.69) is 5.32 Å². The summed E-state index contributed by atoms with van der Waals surface area (Å²) in [6.45, 7) is 1.25. The second kappa shape index (κ2) is 10.3. The van der Waals surface area contributed by atoms with Gasteiger partial charge in [-0.2, -0.15) is 0 Å². The number of likely N-dealkylation sites (tertiary alicyclic amines) is 1. The quantitative estimate of drug-likeness (QED) is 0.719. The van der Waals surface area contributed by atoms with Crippen LogP contribution in [0.2, 0.25) is 0 Å². The first-order valence-corrected chi connectivity index (χ1v) is 8.46. The van der Waals surface area contributed by atoms with Gasteiger partial charge in [0.15, 0.2) is 0 Å². The van der Waals surface area contributed by atoms with Gasteiger partial charge in [0.1, 0.15) is 5.75 Å². The summed E-state index contributed by atoms with van der Waals surface area (Å²) in [6.07, 6.45) is 2.74. The Morgan fingerprint density at radius 1 is 1.32 bits per heavy atom. The highest BCUT2D eigenvalue weighted by Crippen LogP contribution is 2.36. The monoisotopic (exact) mass is 369 g/mol. The molecule has 2 rings (SSSR count). The minimum atomic E-state index is -0.244. The smallest absolute Gasteiger partial charge is 0.225 e. The maximum absolute atomic E-state index is 12.6. The van der Waals surface area contributed by atoms with Crippen molar-refractivity contribution in [1.82, 2.24) is 10.2 Å². The van der Waals surface area contributed by atoms with Crippen LogP contribution in [0.4, 0.5) is 0 Å². The number of hydrogen-bond donors (Lipinski definition) is 2. The Morgan fingerprint density at radius 3 is 2.60 bits per heavy atom. The fraction of sp³-hybridized carbons (Fsp3) is 0.556. The number of rotatable bonds is 7. The molecule has 1 aliphatic heterocycles. The lowest BCUT2D eigenvalue weighted by Crippen LogP contribution is -2.46. The van der Waals surface area contributed by atoms with Crippen molar-refractivity contribution in [3.63, 3.8) is 0 Å². The van der Waals surface area contributed by atoms with E-state index >= 15 is 0 Å². The molecular weight excluding hydrogens is 342 g/mol. The Balaban J connectivity index is 0.00000312. The number of ether oxygens (including phenoxy) is 1. The number of benzene rings is 1. The van der Waals surface area contributed by atoms with Crippen molar-refractivity contribution in [3.8, 4) is 5.75 Å². The van der Waals surface area contributed by atoms with Crippen LogP contribution in [0.15, 0.2) is 24.3 Å². The molecule has 0 radical (unpaired) electrons. The van der Waals surface area contributed by atoms with Gasteiger partial charge in [-0.05, 0) is 43.5 Å². The molecule has 1 aromatic rings. The highest BCUT2D eigenvalue weighted by atomic mass is 35.5. The summed E-state index contributed by atoms with van der Waals surface area (Å²) in [5.41, 5.74) is 6.43. The molecule has 1 aromatic carbocycles. The van der Waals surface area contributed by atoms with Crippen molar-refractivity contribution in [2.45, 2.75) is 31.7 Å².